The average Bonchev–Trinajstić information content (AvgIpc) is 3.22. The standard InChI is InChI=1S/C51H99NO5/c1-3-5-7-9-11-13-15-17-19-20-21-22-23-24-25-26-27-28-29-31-33-35-37-39-41-43-45-49(55)51(57)52-47(46-53)50(56)48(54)44-42-40-38-36-34-32-30-18-16-14-12-10-8-6-4-2/h18,30,36,38,47-50,53-56H,3-17,19-29,31-35,37,39-46H2,1-2H3,(H,52,57)/b30-18+,38-36+. The van der Waals surface area contributed by atoms with E-state index in [4.69, 9.17) is 0 Å². The number of aliphatic hydroxyl groups excluding tert-OH is 4. The number of unbranched alkanes of at least 4 members (excludes halogenated alkanes) is 33. The predicted octanol–water partition coefficient (Wildman–Crippen LogP) is 13.9. The van der Waals surface area contributed by atoms with Crippen LogP contribution in [0.25, 0.3) is 0 Å². The molecule has 0 aliphatic rings. The molecule has 4 atom stereocenters. The minimum absolute atomic E-state index is 0.364. The van der Waals surface area contributed by atoms with Crippen molar-refractivity contribution in [2.24, 2.45) is 0 Å². The van der Waals surface area contributed by atoms with Crippen LogP contribution in [0, 0.1) is 0 Å². The maximum absolute atomic E-state index is 12.5. The Kier molecular flexibility index (Phi) is 44.9. The molecule has 5 N–H and O–H groups in total. The lowest BCUT2D eigenvalue weighted by Crippen LogP contribution is -2.53. The average molecular weight is 806 g/mol. The summed E-state index contributed by atoms with van der Waals surface area (Å²) in [6.45, 7) is 4.04. The van der Waals surface area contributed by atoms with E-state index in [1.165, 1.54) is 193 Å². The molecule has 338 valence electrons. The third kappa shape index (κ3) is 40.0. The van der Waals surface area contributed by atoms with Crippen LogP contribution in [-0.2, 0) is 4.79 Å². The second-order valence-corrected chi connectivity index (χ2v) is 17.5. The Morgan fingerprint density at radius 2 is 0.737 bits per heavy atom. The lowest BCUT2D eigenvalue weighted by molar-refractivity contribution is -0.132. The Morgan fingerprint density at radius 1 is 0.421 bits per heavy atom. The topological polar surface area (TPSA) is 110 Å². The van der Waals surface area contributed by atoms with Crippen LogP contribution in [0.3, 0.4) is 0 Å². The molecule has 57 heavy (non-hydrogen) atoms. The van der Waals surface area contributed by atoms with Crippen molar-refractivity contribution in [2.75, 3.05) is 6.61 Å². The minimum atomic E-state index is -1.29. The molecule has 0 bridgehead atoms. The first kappa shape index (κ1) is 55.8. The van der Waals surface area contributed by atoms with E-state index in [-0.39, 0.29) is 0 Å². The number of amides is 1. The van der Waals surface area contributed by atoms with Crippen molar-refractivity contribution < 1.29 is 25.2 Å². The summed E-state index contributed by atoms with van der Waals surface area (Å²) < 4.78 is 0. The van der Waals surface area contributed by atoms with Crippen molar-refractivity contribution in [1.29, 1.82) is 0 Å². The van der Waals surface area contributed by atoms with Gasteiger partial charge >= 0.3 is 0 Å². The zero-order valence-electron chi connectivity index (χ0n) is 38.1. The molecule has 1 amide bonds. The van der Waals surface area contributed by atoms with Gasteiger partial charge in [-0.3, -0.25) is 4.79 Å². The highest BCUT2D eigenvalue weighted by atomic mass is 16.3. The highest BCUT2D eigenvalue weighted by molar-refractivity contribution is 5.80. The van der Waals surface area contributed by atoms with E-state index < -0.39 is 36.9 Å². The van der Waals surface area contributed by atoms with Crippen molar-refractivity contribution in [3.63, 3.8) is 0 Å². The van der Waals surface area contributed by atoms with Gasteiger partial charge in [0.15, 0.2) is 0 Å². The molecule has 0 aromatic heterocycles. The molecule has 0 saturated carbocycles. The molecule has 0 aromatic carbocycles. The van der Waals surface area contributed by atoms with Crippen LogP contribution in [0.5, 0.6) is 0 Å². The van der Waals surface area contributed by atoms with Crippen molar-refractivity contribution in [3.05, 3.63) is 24.3 Å². The number of nitrogens with one attached hydrogen (secondary N) is 1. The maximum Gasteiger partial charge on any atom is 0.249 e. The zero-order chi connectivity index (χ0) is 41.7. The van der Waals surface area contributed by atoms with Crippen molar-refractivity contribution in [3.8, 4) is 0 Å². The van der Waals surface area contributed by atoms with Crippen LogP contribution in [0.2, 0.25) is 0 Å². The number of hydrogen-bond donors (Lipinski definition) is 5. The van der Waals surface area contributed by atoms with Gasteiger partial charge in [-0.1, -0.05) is 237 Å². The number of rotatable bonds is 46. The first-order valence-electron chi connectivity index (χ1n) is 25.2. The van der Waals surface area contributed by atoms with Gasteiger partial charge in [0.05, 0.1) is 18.8 Å². The van der Waals surface area contributed by atoms with E-state index in [0.717, 1.165) is 38.5 Å². The van der Waals surface area contributed by atoms with Gasteiger partial charge in [-0.05, 0) is 51.4 Å². The van der Waals surface area contributed by atoms with Gasteiger partial charge in [0, 0.05) is 0 Å². The van der Waals surface area contributed by atoms with Crippen molar-refractivity contribution >= 4 is 5.91 Å². The fourth-order valence-corrected chi connectivity index (χ4v) is 7.89. The lowest BCUT2D eigenvalue weighted by atomic mass is 10.00. The summed E-state index contributed by atoms with van der Waals surface area (Å²) in [6.07, 6.45) is 53.8. The smallest absolute Gasteiger partial charge is 0.249 e. The third-order valence-corrected chi connectivity index (χ3v) is 11.9. The number of carbonyl (C=O) groups is 1. The SMILES string of the molecule is CCCCCCCC/C=C/CC/C=C/CCCC(O)C(O)C(CO)NC(=O)C(O)CCCCCCCCCCCCCCCCCCCCCCCCCCCC. The van der Waals surface area contributed by atoms with E-state index in [9.17, 15) is 25.2 Å². The molecule has 0 spiro atoms. The van der Waals surface area contributed by atoms with Crippen LogP contribution >= 0.6 is 0 Å². The monoisotopic (exact) mass is 806 g/mol. The summed E-state index contributed by atoms with van der Waals surface area (Å²) in [5.74, 6) is -0.594. The second kappa shape index (κ2) is 45.9. The molecule has 0 heterocycles. The molecular weight excluding hydrogens is 707 g/mol. The summed E-state index contributed by atoms with van der Waals surface area (Å²) in [4.78, 5) is 12.5. The van der Waals surface area contributed by atoms with E-state index in [1.54, 1.807) is 0 Å². The Labute approximate surface area is 354 Å². The Morgan fingerprint density at radius 3 is 1.11 bits per heavy atom. The Balaban J connectivity index is 3.65. The summed E-state index contributed by atoms with van der Waals surface area (Å²) in [5, 5.41) is 43.7. The van der Waals surface area contributed by atoms with Gasteiger partial charge in [0.25, 0.3) is 0 Å². The predicted molar refractivity (Wildman–Crippen MR) is 247 cm³/mol. The molecule has 6 nitrogen and oxygen atoms in total. The van der Waals surface area contributed by atoms with Crippen molar-refractivity contribution in [2.45, 2.75) is 289 Å². The zero-order valence-corrected chi connectivity index (χ0v) is 38.1. The van der Waals surface area contributed by atoms with E-state index in [0.29, 0.717) is 19.3 Å². The van der Waals surface area contributed by atoms with Crippen LogP contribution in [0.15, 0.2) is 24.3 Å². The fourth-order valence-electron chi connectivity index (χ4n) is 7.89. The van der Waals surface area contributed by atoms with E-state index in [1.807, 2.05) is 0 Å². The summed E-state index contributed by atoms with van der Waals surface area (Å²) in [5.41, 5.74) is 0. The largest absolute Gasteiger partial charge is 0.394 e. The summed E-state index contributed by atoms with van der Waals surface area (Å²) in [6, 6.07) is -1.00. The molecule has 0 radical (unpaired) electrons. The number of hydrogen-bond acceptors (Lipinski definition) is 5. The van der Waals surface area contributed by atoms with Gasteiger partial charge in [-0.2, -0.15) is 0 Å². The van der Waals surface area contributed by atoms with E-state index >= 15 is 0 Å². The number of aliphatic hydroxyl groups is 4. The Hall–Kier alpha value is -1.21. The molecule has 0 aliphatic heterocycles. The highest BCUT2D eigenvalue weighted by Gasteiger charge is 2.28. The molecule has 0 rings (SSSR count). The number of carbonyl (C=O) groups excluding carboxylic acids is 1. The lowest BCUT2D eigenvalue weighted by Gasteiger charge is -2.27. The van der Waals surface area contributed by atoms with Gasteiger partial charge in [-0.25, -0.2) is 0 Å². The van der Waals surface area contributed by atoms with Gasteiger partial charge in [-0.15, -0.1) is 0 Å². The van der Waals surface area contributed by atoms with Crippen LogP contribution in [0.1, 0.15) is 264 Å². The highest BCUT2D eigenvalue weighted by Crippen LogP contribution is 2.17. The minimum Gasteiger partial charge on any atom is -0.394 e. The normalized spacial score (nSPS) is 14.1. The van der Waals surface area contributed by atoms with Crippen LogP contribution in [0.4, 0.5) is 0 Å². The first-order valence-corrected chi connectivity index (χ1v) is 25.2. The molecular formula is C51H99NO5. The van der Waals surface area contributed by atoms with Gasteiger partial charge in [0.2, 0.25) is 5.91 Å². The molecule has 0 aliphatic carbocycles. The molecule has 6 heteroatoms. The maximum atomic E-state index is 12.5. The van der Waals surface area contributed by atoms with Crippen LogP contribution < -0.4 is 5.32 Å². The molecule has 0 fully saturated rings. The fraction of sp³-hybridized carbons (Fsp3) is 0.902. The molecule has 4 unspecified atom stereocenters. The van der Waals surface area contributed by atoms with Crippen molar-refractivity contribution in [1.82, 2.24) is 5.32 Å². The van der Waals surface area contributed by atoms with Gasteiger partial charge in [0.1, 0.15) is 12.2 Å². The molecule has 0 saturated heterocycles. The quantitative estimate of drug-likeness (QED) is 0.0311. The van der Waals surface area contributed by atoms with Crippen LogP contribution in [-0.4, -0.2) is 57.3 Å². The van der Waals surface area contributed by atoms with E-state index in [2.05, 4.69) is 43.5 Å². The Bertz CT molecular complexity index is 863. The third-order valence-electron chi connectivity index (χ3n) is 11.9. The van der Waals surface area contributed by atoms with Gasteiger partial charge < -0.3 is 25.7 Å². The summed E-state index contributed by atoms with van der Waals surface area (Å²) >= 11 is 0. The second-order valence-electron chi connectivity index (χ2n) is 17.5. The number of allylic oxidation sites excluding steroid dienone is 4. The first-order chi connectivity index (χ1) is 28.0. The molecule has 0 aromatic rings. The summed E-state index contributed by atoms with van der Waals surface area (Å²) in [7, 11) is 0.